The van der Waals surface area contributed by atoms with Gasteiger partial charge in [0.2, 0.25) is 0 Å². The number of aromatic nitrogens is 3. The Morgan fingerprint density at radius 1 is 0.644 bits per heavy atom. The minimum atomic E-state index is -0.614. The number of aryl methyl sites for hydroxylation is 2. The molecule has 0 aliphatic rings. The van der Waals surface area contributed by atoms with Gasteiger partial charge in [0.05, 0.1) is 27.6 Å². The Balaban J connectivity index is 0.00000608. The molecule has 9 rings (SSSR count). The van der Waals surface area contributed by atoms with Crippen molar-refractivity contribution in [2.24, 2.45) is 0 Å². The SMILES string of the molecule is [2H]c1nc(-c2[c-]c(-c3cccc4c3nc(-c3cc(C)cc(C)c3O)n4-c3cc(-c4ccccc4)cc(C(C)(C)C)c3)cc(-c3ccccc3)c2)c([2H])c(-c2c([2H])c([2H])c([2H])c([2H])c2[2H])c1[2H].[Pt]. The third-order valence-corrected chi connectivity index (χ3v) is 10.4. The predicted molar refractivity (Wildman–Crippen MR) is 240 cm³/mol. The topological polar surface area (TPSA) is 50.9 Å². The molecule has 7 aromatic carbocycles. The van der Waals surface area contributed by atoms with Crippen molar-refractivity contribution >= 4 is 11.0 Å². The van der Waals surface area contributed by atoms with E-state index in [1.807, 2.05) is 98.8 Å². The van der Waals surface area contributed by atoms with Gasteiger partial charge in [0.15, 0.2) is 0 Å². The number of hydrogen-bond donors (Lipinski definition) is 1. The molecule has 0 unspecified atom stereocenters. The monoisotopic (exact) mass is 953 g/mol. The molecule has 0 atom stereocenters. The van der Waals surface area contributed by atoms with E-state index in [0.717, 1.165) is 44.6 Å². The molecule has 0 amide bonds. The molecule has 9 aromatic rings. The largest absolute Gasteiger partial charge is 0.507 e. The summed E-state index contributed by atoms with van der Waals surface area (Å²) in [6.07, 6.45) is -0.533. The van der Waals surface area contributed by atoms with E-state index in [2.05, 4.69) is 66.7 Å². The van der Waals surface area contributed by atoms with Crippen molar-refractivity contribution < 1.29 is 37.1 Å². The second-order valence-electron chi connectivity index (χ2n) is 15.6. The maximum Gasteiger partial charge on any atom is 0.148 e. The van der Waals surface area contributed by atoms with Crippen LogP contribution >= 0.6 is 0 Å². The second-order valence-corrected chi connectivity index (χ2v) is 15.6. The van der Waals surface area contributed by atoms with Gasteiger partial charge in [-0.2, -0.15) is 0 Å². The quantitative estimate of drug-likeness (QED) is 0.162. The zero-order chi connectivity index (χ0) is 46.9. The first-order valence-corrected chi connectivity index (χ1v) is 19.1. The van der Waals surface area contributed by atoms with E-state index in [0.29, 0.717) is 33.6 Å². The average molecular weight is 954 g/mol. The summed E-state index contributed by atoms with van der Waals surface area (Å²) in [5.41, 5.74) is 9.75. The molecule has 5 heteroatoms. The molecule has 1 N–H and O–H groups in total. The van der Waals surface area contributed by atoms with Gasteiger partial charge in [-0.3, -0.25) is 9.55 Å². The van der Waals surface area contributed by atoms with Crippen LogP contribution in [0.25, 0.3) is 83.9 Å². The van der Waals surface area contributed by atoms with Crippen LogP contribution in [0.5, 0.6) is 5.75 Å². The summed E-state index contributed by atoms with van der Waals surface area (Å²) in [7, 11) is 0. The maximum absolute atomic E-state index is 11.8. The van der Waals surface area contributed by atoms with Crippen LogP contribution in [0.1, 0.15) is 48.4 Å². The molecule has 0 saturated carbocycles. The number of aromatic hydroxyl groups is 1. The van der Waals surface area contributed by atoms with E-state index >= 15 is 0 Å². The Bertz CT molecular complexity index is 3390. The van der Waals surface area contributed by atoms with Gasteiger partial charge in [0, 0.05) is 38.6 Å². The van der Waals surface area contributed by atoms with Crippen molar-refractivity contribution in [2.75, 3.05) is 0 Å². The van der Waals surface area contributed by atoms with Crippen molar-refractivity contribution in [1.29, 1.82) is 0 Å². The van der Waals surface area contributed by atoms with Gasteiger partial charge < -0.3 is 5.11 Å². The third kappa shape index (κ3) is 7.81. The summed E-state index contributed by atoms with van der Waals surface area (Å²) in [4.78, 5) is 9.83. The number of fused-ring (bicyclic) bond motifs is 1. The van der Waals surface area contributed by atoms with Crippen LogP contribution in [0.2, 0.25) is 0 Å². The van der Waals surface area contributed by atoms with E-state index < -0.39 is 42.4 Å². The standard InChI is InChI=1S/C54H44N3O.Pt/c1-35-26-36(2)52(58)48(27-35)53-56-51-47(22-15-23-50(51)57(53)46-32-42(39-20-13-8-14-21-39)31-45(34-46)54(3,4)5)43-28-41(38-18-11-7-12-19-38)29-44(30-43)49-33-40(24-25-55-49)37-16-9-6-10-17-37;/h6-29,31-34,58H,1-5H3;/q-1;/i6D,9D,10D,16D,17D,24D,25D,33D;. The molecule has 2 heterocycles. The molecule has 292 valence electrons. The van der Waals surface area contributed by atoms with Gasteiger partial charge in [-0.1, -0.05) is 159 Å². The summed E-state index contributed by atoms with van der Waals surface area (Å²) in [6.45, 7) is 10.4. The number of pyridine rings is 1. The fourth-order valence-corrected chi connectivity index (χ4v) is 7.44. The Kier molecular flexibility index (Phi) is 8.39. The molecule has 0 fully saturated rings. The molecule has 2 aromatic heterocycles. The smallest absolute Gasteiger partial charge is 0.148 e. The van der Waals surface area contributed by atoms with Crippen LogP contribution in [0.3, 0.4) is 0 Å². The first-order chi connectivity index (χ1) is 31.4. The summed E-state index contributed by atoms with van der Waals surface area (Å²) in [5.74, 6) is 0.636. The van der Waals surface area contributed by atoms with E-state index in [-0.39, 0.29) is 60.7 Å². The normalized spacial score (nSPS) is 13.3. The molecule has 0 bridgehead atoms. The average Bonchev–Trinajstić information content (AvgIpc) is 3.71. The molecule has 0 saturated heterocycles. The minimum Gasteiger partial charge on any atom is -0.507 e. The van der Waals surface area contributed by atoms with Gasteiger partial charge >= 0.3 is 0 Å². The first-order valence-electron chi connectivity index (χ1n) is 23.1. The van der Waals surface area contributed by atoms with Crippen molar-refractivity contribution in [3.63, 3.8) is 0 Å². The van der Waals surface area contributed by atoms with Crippen molar-refractivity contribution in [1.82, 2.24) is 14.5 Å². The van der Waals surface area contributed by atoms with Crippen LogP contribution in [0.15, 0.2) is 170 Å². The number of rotatable bonds is 7. The molecular weight excluding hydrogens is 902 g/mol. The number of phenols is 1. The first kappa shape index (κ1) is 30.7. The molecule has 0 aliphatic carbocycles. The van der Waals surface area contributed by atoms with Crippen LogP contribution in [-0.4, -0.2) is 19.6 Å². The van der Waals surface area contributed by atoms with Gasteiger partial charge in [0.25, 0.3) is 0 Å². The Morgan fingerprint density at radius 2 is 1.32 bits per heavy atom. The molecule has 0 aliphatic heterocycles. The van der Waals surface area contributed by atoms with Crippen LogP contribution in [0, 0.1) is 19.9 Å². The summed E-state index contributed by atoms with van der Waals surface area (Å²) in [5, 5.41) is 11.8. The molecule has 4 nitrogen and oxygen atoms in total. The molecule has 0 radical (unpaired) electrons. The van der Waals surface area contributed by atoms with E-state index in [9.17, 15) is 6.48 Å². The zero-order valence-electron chi connectivity index (χ0n) is 41.2. The van der Waals surface area contributed by atoms with Crippen molar-refractivity contribution in [3.8, 4) is 78.6 Å². The number of benzene rings is 7. The van der Waals surface area contributed by atoms with E-state index in [1.165, 1.54) is 0 Å². The Hall–Kier alpha value is -6.35. The van der Waals surface area contributed by atoms with Crippen molar-refractivity contribution in [3.05, 3.63) is 193 Å². The molecule has 59 heavy (non-hydrogen) atoms. The third-order valence-electron chi connectivity index (χ3n) is 10.4. The number of phenolic OH excluding ortho intramolecular Hbond substituents is 1. The Morgan fingerprint density at radius 3 is 2.02 bits per heavy atom. The minimum absolute atomic E-state index is 0. The fraction of sp³-hybridized carbons (Fsp3) is 0.111. The number of nitrogens with zero attached hydrogens (tertiary/aromatic N) is 3. The number of para-hydroxylation sites is 1. The van der Waals surface area contributed by atoms with E-state index in [4.69, 9.17) is 14.6 Å². The van der Waals surface area contributed by atoms with Crippen LogP contribution < -0.4 is 0 Å². The maximum atomic E-state index is 11.8. The summed E-state index contributed by atoms with van der Waals surface area (Å²) >= 11 is 0. The van der Waals surface area contributed by atoms with Gasteiger partial charge in [-0.05, 0) is 94.1 Å². The second kappa shape index (κ2) is 16.1. The Labute approximate surface area is 372 Å². The summed E-state index contributed by atoms with van der Waals surface area (Å²) < 4.78 is 71.5. The van der Waals surface area contributed by atoms with Gasteiger partial charge in [-0.25, -0.2) is 4.98 Å². The fourth-order valence-electron chi connectivity index (χ4n) is 7.44. The number of hydrogen-bond acceptors (Lipinski definition) is 3. The number of imidazole rings is 1. The molecule has 0 spiro atoms. The van der Waals surface area contributed by atoms with Gasteiger partial charge in [0.1, 0.15) is 11.6 Å². The molecular formula is C54H44N3OPt-. The van der Waals surface area contributed by atoms with Crippen molar-refractivity contribution in [2.45, 2.75) is 40.0 Å². The zero-order valence-corrected chi connectivity index (χ0v) is 35.4. The summed E-state index contributed by atoms with van der Waals surface area (Å²) in [6, 6.07) is 39.4. The van der Waals surface area contributed by atoms with Crippen LogP contribution in [-0.2, 0) is 26.5 Å². The predicted octanol–water partition coefficient (Wildman–Crippen LogP) is 13.8. The van der Waals surface area contributed by atoms with E-state index in [1.54, 1.807) is 6.07 Å². The van der Waals surface area contributed by atoms with Crippen LogP contribution in [0.4, 0.5) is 0 Å². The van der Waals surface area contributed by atoms with Gasteiger partial charge in [-0.15, -0.1) is 23.8 Å².